The molecule has 1 aromatic rings. The highest BCUT2D eigenvalue weighted by Gasteiger charge is 2.29. The molecule has 20 heavy (non-hydrogen) atoms. The standard InChI is InChI=1S/C15H23NO3S/c1-12-2-4-15(5-3-12)19-11-14(10-16)13-6-8-20(17,18)9-7-13/h2-5,13-14H,6-11,16H2,1H3. The maximum absolute atomic E-state index is 11.5. The van der Waals surface area contributed by atoms with Gasteiger partial charge in [-0.2, -0.15) is 0 Å². The molecule has 112 valence electrons. The highest BCUT2D eigenvalue weighted by molar-refractivity contribution is 7.91. The molecule has 1 aliphatic rings. The largest absolute Gasteiger partial charge is 0.493 e. The molecular weight excluding hydrogens is 274 g/mol. The van der Waals surface area contributed by atoms with Crippen molar-refractivity contribution < 1.29 is 13.2 Å². The fourth-order valence-corrected chi connectivity index (χ4v) is 4.14. The number of aryl methyl sites for hydroxylation is 1. The molecule has 2 rings (SSSR count). The first-order chi connectivity index (χ1) is 9.50. The van der Waals surface area contributed by atoms with Crippen molar-refractivity contribution in [1.82, 2.24) is 0 Å². The van der Waals surface area contributed by atoms with Gasteiger partial charge in [0.1, 0.15) is 15.6 Å². The minimum absolute atomic E-state index is 0.229. The molecule has 5 heteroatoms. The summed E-state index contributed by atoms with van der Waals surface area (Å²) in [6, 6.07) is 7.93. The van der Waals surface area contributed by atoms with E-state index in [0.717, 1.165) is 5.75 Å². The normalized spacial score (nSPS) is 20.5. The van der Waals surface area contributed by atoms with Crippen LogP contribution in [0.5, 0.6) is 5.75 Å². The molecule has 1 heterocycles. The Morgan fingerprint density at radius 1 is 1.25 bits per heavy atom. The first-order valence-corrected chi connectivity index (χ1v) is 8.92. The summed E-state index contributed by atoms with van der Waals surface area (Å²) in [5, 5.41) is 0. The molecule has 1 atom stereocenters. The SMILES string of the molecule is Cc1ccc(OCC(CN)C2CCS(=O)(=O)CC2)cc1. The zero-order chi connectivity index (χ0) is 14.6. The van der Waals surface area contributed by atoms with Crippen molar-refractivity contribution in [2.24, 2.45) is 17.6 Å². The van der Waals surface area contributed by atoms with Gasteiger partial charge in [0.2, 0.25) is 0 Å². The minimum Gasteiger partial charge on any atom is -0.493 e. The molecule has 1 saturated heterocycles. The lowest BCUT2D eigenvalue weighted by Gasteiger charge is -2.29. The molecule has 4 nitrogen and oxygen atoms in total. The van der Waals surface area contributed by atoms with Gasteiger partial charge in [-0.05, 0) is 44.4 Å². The van der Waals surface area contributed by atoms with Gasteiger partial charge >= 0.3 is 0 Å². The maximum Gasteiger partial charge on any atom is 0.150 e. The summed E-state index contributed by atoms with van der Waals surface area (Å²) in [5.74, 6) is 2.01. The predicted molar refractivity (Wildman–Crippen MR) is 80.6 cm³/mol. The molecule has 2 N–H and O–H groups in total. The second-order valence-corrected chi connectivity index (χ2v) is 7.91. The molecule has 0 bridgehead atoms. The van der Waals surface area contributed by atoms with E-state index < -0.39 is 9.84 Å². The smallest absolute Gasteiger partial charge is 0.150 e. The second-order valence-electron chi connectivity index (χ2n) is 5.61. The molecule has 0 spiro atoms. The van der Waals surface area contributed by atoms with E-state index in [1.807, 2.05) is 31.2 Å². The third-order valence-corrected chi connectivity index (χ3v) is 5.77. The summed E-state index contributed by atoms with van der Waals surface area (Å²) in [6.45, 7) is 3.13. The Morgan fingerprint density at radius 3 is 2.40 bits per heavy atom. The highest BCUT2D eigenvalue weighted by atomic mass is 32.2. The van der Waals surface area contributed by atoms with E-state index in [1.165, 1.54) is 5.56 Å². The van der Waals surface area contributed by atoms with E-state index in [4.69, 9.17) is 10.5 Å². The van der Waals surface area contributed by atoms with Crippen LogP contribution in [-0.4, -0.2) is 33.1 Å². The van der Waals surface area contributed by atoms with Crippen molar-refractivity contribution in [3.8, 4) is 5.75 Å². The minimum atomic E-state index is -2.81. The van der Waals surface area contributed by atoms with E-state index in [0.29, 0.717) is 43.4 Å². The van der Waals surface area contributed by atoms with Crippen LogP contribution in [0.2, 0.25) is 0 Å². The first-order valence-electron chi connectivity index (χ1n) is 7.10. The van der Waals surface area contributed by atoms with E-state index >= 15 is 0 Å². The Hall–Kier alpha value is -1.07. The summed E-state index contributed by atoms with van der Waals surface area (Å²) in [5.41, 5.74) is 7.03. The van der Waals surface area contributed by atoms with Gasteiger partial charge < -0.3 is 10.5 Å². The van der Waals surface area contributed by atoms with Crippen molar-refractivity contribution in [3.05, 3.63) is 29.8 Å². The molecule has 0 radical (unpaired) electrons. The van der Waals surface area contributed by atoms with Crippen LogP contribution in [0.1, 0.15) is 18.4 Å². The molecule has 0 saturated carbocycles. The summed E-state index contributed by atoms with van der Waals surface area (Å²) in [6.07, 6.45) is 1.42. The molecule has 0 aliphatic carbocycles. The highest BCUT2D eigenvalue weighted by Crippen LogP contribution is 2.26. The number of nitrogens with two attached hydrogens (primary N) is 1. The number of benzene rings is 1. The van der Waals surface area contributed by atoms with Crippen molar-refractivity contribution in [1.29, 1.82) is 0 Å². The van der Waals surface area contributed by atoms with Crippen molar-refractivity contribution in [2.45, 2.75) is 19.8 Å². The van der Waals surface area contributed by atoms with Crippen LogP contribution in [0.4, 0.5) is 0 Å². The summed E-state index contributed by atoms with van der Waals surface area (Å²) in [7, 11) is -2.81. The fourth-order valence-electron chi connectivity index (χ4n) is 2.61. The van der Waals surface area contributed by atoms with Crippen LogP contribution in [0, 0.1) is 18.8 Å². The van der Waals surface area contributed by atoms with Crippen molar-refractivity contribution in [2.75, 3.05) is 24.7 Å². The number of ether oxygens (including phenoxy) is 1. The summed E-state index contributed by atoms with van der Waals surface area (Å²) < 4.78 is 28.7. The van der Waals surface area contributed by atoms with E-state index in [9.17, 15) is 8.42 Å². The molecule has 1 unspecified atom stereocenters. The van der Waals surface area contributed by atoms with Gasteiger partial charge in [0.15, 0.2) is 0 Å². The Bertz CT molecular complexity index is 511. The molecule has 0 amide bonds. The molecule has 1 aliphatic heterocycles. The third-order valence-electron chi connectivity index (χ3n) is 4.05. The van der Waals surface area contributed by atoms with Crippen LogP contribution < -0.4 is 10.5 Å². The summed E-state index contributed by atoms with van der Waals surface area (Å²) >= 11 is 0. The third kappa shape index (κ3) is 4.21. The predicted octanol–water partition coefficient (Wildman–Crippen LogP) is 1.77. The van der Waals surface area contributed by atoms with Gasteiger partial charge in [-0.3, -0.25) is 0 Å². The molecule has 1 fully saturated rings. The maximum atomic E-state index is 11.5. The zero-order valence-corrected chi connectivity index (χ0v) is 12.7. The van der Waals surface area contributed by atoms with Crippen LogP contribution in [0.15, 0.2) is 24.3 Å². The fraction of sp³-hybridized carbons (Fsp3) is 0.600. The Balaban J connectivity index is 1.88. The number of rotatable bonds is 5. The Labute approximate surface area is 121 Å². The van der Waals surface area contributed by atoms with Gasteiger partial charge in [-0.25, -0.2) is 8.42 Å². The van der Waals surface area contributed by atoms with Crippen LogP contribution in [-0.2, 0) is 9.84 Å². The summed E-state index contributed by atoms with van der Waals surface area (Å²) in [4.78, 5) is 0. The van der Waals surface area contributed by atoms with E-state index in [1.54, 1.807) is 0 Å². The Kier molecular flexibility index (Phi) is 5.05. The molecule has 0 aromatic heterocycles. The van der Waals surface area contributed by atoms with Gasteiger partial charge in [0.05, 0.1) is 18.1 Å². The van der Waals surface area contributed by atoms with Crippen LogP contribution in [0.3, 0.4) is 0 Å². The zero-order valence-electron chi connectivity index (χ0n) is 11.9. The quantitative estimate of drug-likeness (QED) is 0.899. The second kappa shape index (κ2) is 6.59. The van der Waals surface area contributed by atoms with E-state index in [2.05, 4.69) is 0 Å². The van der Waals surface area contributed by atoms with Crippen LogP contribution >= 0.6 is 0 Å². The van der Waals surface area contributed by atoms with E-state index in [-0.39, 0.29) is 5.92 Å². The lowest BCUT2D eigenvalue weighted by Crippen LogP contribution is -2.35. The van der Waals surface area contributed by atoms with Gasteiger partial charge in [0.25, 0.3) is 0 Å². The number of hydrogen-bond donors (Lipinski definition) is 1. The monoisotopic (exact) mass is 297 g/mol. The Morgan fingerprint density at radius 2 is 1.85 bits per heavy atom. The van der Waals surface area contributed by atoms with Gasteiger partial charge in [-0.1, -0.05) is 17.7 Å². The van der Waals surface area contributed by atoms with Gasteiger partial charge in [0, 0.05) is 5.92 Å². The molecular formula is C15H23NO3S. The number of sulfone groups is 1. The lowest BCUT2D eigenvalue weighted by molar-refractivity contribution is 0.189. The van der Waals surface area contributed by atoms with Crippen molar-refractivity contribution in [3.63, 3.8) is 0 Å². The number of hydrogen-bond acceptors (Lipinski definition) is 4. The topological polar surface area (TPSA) is 69.4 Å². The molecule has 1 aromatic carbocycles. The first kappa shape index (κ1) is 15.3. The average molecular weight is 297 g/mol. The van der Waals surface area contributed by atoms with Crippen LogP contribution in [0.25, 0.3) is 0 Å². The lowest BCUT2D eigenvalue weighted by atomic mass is 9.88. The van der Waals surface area contributed by atoms with Crippen molar-refractivity contribution >= 4 is 9.84 Å². The average Bonchev–Trinajstić information content (AvgIpc) is 2.43. The van der Waals surface area contributed by atoms with Gasteiger partial charge in [-0.15, -0.1) is 0 Å².